The summed E-state index contributed by atoms with van der Waals surface area (Å²) in [6, 6.07) is 5.47. The van der Waals surface area contributed by atoms with Crippen molar-refractivity contribution in [1.82, 2.24) is 10.2 Å². The Hall–Kier alpha value is -3.14. The molecule has 1 N–H and O–H groups in total. The van der Waals surface area contributed by atoms with Crippen molar-refractivity contribution < 1.29 is 19.2 Å². The molecule has 162 valence electrons. The highest BCUT2D eigenvalue weighted by atomic mass is 32.2. The number of fused-ring (bicyclic) bond motifs is 1. The van der Waals surface area contributed by atoms with Crippen molar-refractivity contribution in [1.29, 1.82) is 0 Å². The standard InChI is InChI=1S/C21H22N4O5S/c1-12-18(20(27)30-2)19(14-4-3-5-15(8-14)25(28)29)24-16(11-31-21(24)23-12)9-17(26)22-10-13-6-7-13/h3-5,8,11,13,19H,6-7,9-10H2,1-2H3,(H,22,26)/t19-/m0/s1. The van der Waals surface area contributed by atoms with Crippen LogP contribution in [0.25, 0.3) is 0 Å². The van der Waals surface area contributed by atoms with Crippen molar-refractivity contribution in [3.05, 3.63) is 62.3 Å². The predicted molar refractivity (Wildman–Crippen MR) is 116 cm³/mol. The second-order valence-electron chi connectivity index (χ2n) is 7.66. The second kappa shape index (κ2) is 8.54. The van der Waals surface area contributed by atoms with E-state index in [1.54, 1.807) is 24.0 Å². The molecular weight excluding hydrogens is 420 g/mol. The molecule has 0 aromatic heterocycles. The van der Waals surface area contributed by atoms with E-state index >= 15 is 0 Å². The molecule has 1 amide bonds. The van der Waals surface area contributed by atoms with Gasteiger partial charge in [-0.1, -0.05) is 23.9 Å². The van der Waals surface area contributed by atoms with Gasteiger partial charge in [-0.25, -0.2) is 9.79 Å². The zero-order valence-electron chi connectivity index (χ0n) is 17.2. The molecule has 0 radical (unpaired) electrons. The molecule has 4 rings (SSSR count). The fourth-order valence-corrected chi connectivity index (χ4v) is 4.64. The minimum absolute atomic E-state index is 0.0806. The van der Waals surface area contributed by atoms with Crippen LogP contribution in [0.15, 0.2) is 51.6 Å². The maximum absolute atomic E-state index is 12.7. The third-order valence-corrected chi connectivity index (χ3v) is 6.32. The number of thioether (sulfide) groups is 1. The van der Waals surface area contributed by atoms with E-state index in [1.807, 2.05) is 5.41 Å². The topological polar surface area (TPSA) is 114 Å². The molecule has 9 nitrogen and oxygen atoms in total. The van der Waals surface area contributed by atoms with Gasteiger partial charge in [0.25, 0.3) is 5.69 Å². The number of methoxy groups -OCH3 is 1. The summed E-state index contributed by atoms with van der Waals surface area (Å²) in [5.41, 5.74) is 1.92. The number of nitro groups is 1. The summed E-state index contributed by atoms with van der Waals surface area (Å²) in [5.74, 6) is -0.105. The minimum Gasteiger partial charge on any atom is -0.466 e. The van der Waals surface area contributed by atoms with E-state index in [4.69, 9.17) is 4.74 Å². The number of hydrogen-bond donors (Lipinski definition) is 1. The third-order valence-electron chi connectivity index (χ3n) is 5.43. The van der Waals surface area contributed by atoms with E-state index in [0.717, 1.165) is 12.8 Å². The van der Waals surface area contributed by atoms with E-state index in [-0.39, 0.29) is 18.0 Å². The van der Waals surface area contributed by atoms with Crippen molar-refractivity contribution >= 4 is 34.5 Å². The highest BCUT2D eigenvalue weighted by Crippen LogP contribution is 2.45. The van der Waals surface area contributed by atoms with Gasteiger partial charge in [0.05, 0.1) is 35.8 Å². The average Bonchev–Trinajstić information content (AvgIpc) is 3.51. The van der Waals surface area contributed by atoms with Crippen molar-refractivity contribution in [2.24, 2.45) is 10.9 Å². The van der Waals surface area contributed by atoms with Crippen LogP contribution >= 0.6 is 11.8 Å². The molecule has 3 aliphatic rings. The first-order valence-electron chi connectivity index (χ1n) is 9.92. The number of nitrogens with one attached hydrogen (secondary N) is 1. The lowest BCUT2D eigenvalue weighted by atomic mass is 9.93. The van der Waals surface area contributed by atoms with Gasteiger partial charge in [-0.2, -0.15) is 0 Å². The molecule has 1 atom stereocenters. The van der Waals surface area contributed by atoms with Gasteiger partial charge in [0.1, 0.15) is 0 Å². The van der Waals surface area contributed by atoms with Gasteiger partial charge in [0.15, 0.2) is 5.17 Å². The van der Waals surface area contributed by atoms with E-state index in [0.29, 0.717) is 40.2 Å². The number of hydrogen-bond acceptors (Lipinski definition) is 8. The van der Waals surface area contributed by atoms with Gasteiger partial charge >= 0.3 is 5.97 Å². The molecule has 2 heterocycles. The quantitative estimate of drug-likeness (QED) is 0.392. The number of ether oxygens (including phenoxy) is 1. The largest absolute Gasteiger partial charge is 0.466 e. The monoisotopic (exact) mass is 442 g/mol. The highest BCUT2D eigenvalue weighted by molar-refractivity contribution is 8.16. The fraction of sp³-hybridized carbons (Fsp3) is 0.381. The SMILES string of the molecule is COC(=O)C1=C(C)N=C2SC=C(CC(=O)NCC3CC3)N2[C@H]1c1cccc([N+](=O)[O-])c1. The Labute approximate surface area is 183 Å². The number of rotatable bonds is 7. The molecule has 2 aliphatic heterocycles. The molecular formula is C21H22N4O5S. The predicted octanol–water partition coefficient (Wildman–Crippen LogP) is 3.26. The number of allylic oxidation sites excluding steroid dienone is 1. The Morgan fingerprint density at radius 2 is 2.16 bits per heavy atom. The summed E-state index contributed by atoms with van der Waals surface area (Å²) >= 11 is 1.36. The van der Waals surface area contributed by atoms with Crippen molar-refractivity contribution in [3.8, 4) is 0 Å². The molecule has 10 heteroatoms. The highest BCUT2D eigenvalue weighted by Gasteiger charge is 2.41. The number of carbonyl (C=O) groups is 2. The molecule has 0 bridgehead atoms. The molecule has 0 saturated heterocycles. The molecule has 0 spiro atoms. The number of carbonyl (C=O) groups excluding carboxylic acids is 2. The molecule has 31 heavy (non-hydrogen) atoms. The van der Waals surface area contributed by atoms with Crippen LogP contribution in [0.4, 0.5) is 5.69 Å². The summed E-state index contributed by atoms with van der Waals surface area (Å²) in [6.07, 6.45) is 2.41. The van der Waals surface area contributed by atoms with Crippen LogP contribution in [0.2, 0.25) is 0 Å². The second-order valence-corrected chi connectivity index (χ2v) is 8.50. The van der Waals surface area contributed by atoms with Crippen LogP contribution in [-0.4, -0.2) is 40.5 Å². The zero-order valence-corrected chi connectivity index (χ0v) is 18.0. The van der Waals surface area contributed by atoms with Crippen LogP contribution in [0.3, 0.4) is 0 Å². The number of benzene rings is 1. The number of aliphatic imine (C=N–C) groups is 1. The third kappa shape index (κ3) is 4.34. The van der Waals surface area contributed by atoms with Crippen molar-refractivity contribution in [2.75, 3.05) is 13.7 Å². The molecule has 1 aromatic rings. The average molecular weight is 442 g/mol. The van der Waals surface area contributed by atoms with E-state index in [2.05, 4.69) is 10.3 Å². The fourth-order valence-electron chi connectivity index (χ4n) is 3.67. The maximum atomic E-state index is 12.7. The summed E-state index contributed by atoms with van der Waals surface area (Å²) < 4.78 is 4.99. The van der Waals surface area contributed by atoms with Crippen LogP contribution in [-0.2, 0) is 14.3 Å². The molecule has 0 unspecified atom stereocenters. The van der Waals surface area contributed by atoms with Crippen LogP contribution < -0.4 is 5.32 Å². The Balaban J connectivity index is 1.69. The van der Waals surface area contributed by atoms with Gasteiger partial charge in [-0.15, -0.1) is 0 Å². The minimum atomic E-state index is -0.683. The molecule has 1 aliphatic carbocycles. The maximum Gasteiger partial charge on any atom is 0.338 e. The first-order valence-corrected chi connectivity index (χ1v) is 10.8. The number of amidine groups is 1. The first kappa shape index (κ1) is 21.1. The normalized spacial score (nSPS) is 20.1. The molecule has 1 saturated carbocycles. The van der Waals surface area contributed by atoms with Crippen LogP contribution in [0, 0.1) is 16.0 Å². The summed E-state index contributed by atoms with van der Waals surface area (Å²) in [6.45, 7) is 2.38. The van der Waals surface area contributed by atoms with Gasteiger partial charge in [-0.05, 0) is 36.7 Å². The van der Waals surface area contributed by atoms with E-state index in [9.17, 15) is 19.7 Å². The van der Waals surface area contributed by atoms with Crippen molar-refractivity contribution in [2.45, 2.75) is 32.2 Å². The van der Waals surface area contributed by atoms with Gasteiger partial charge in [-0.3, -0.25) is 14.9 Å². The molecule has 1 aromatic carbocycles. The molecule has 1 fully saturated rings. The van der Waals surface area contributed by atoms with Crippen LogP contribution in [0.5, 0.6) is 0 Å². The number of nitro benzene ring substituents is 1. The Kier molecular flexibility index (Phi) is 5.81. The lowest BCUT2D eigenvalue weighted by molar-refractivity contribution is -0.384. The van der Waals surface area contributed by atoms with Gasteiger partial charge in [0.2, 0.25) is 5.91 Å². The van der Waals surface area contributed by atoms with E-state index in [1.165, 1.54) is 31.0 Å². The smallest absolute Gasteiger partial charge is 0.338 e. The lowest BCUT2D eigenvalue weighted by Gasteiger charge is -2.36. The summed E-state index contributed by atoms with van der Waals surface area (Å²) in [5, 5.41) is 16.7. The summed E-state index contributed by atoms with van der Waals surface area (Å²) in [7, 11) is 1.28. The van der Waals surface area contributed by atoms with Gasteiger partial charge < -0.3 is 15.0 Å². The van der Waals surface area contributed by atoms with Gasteiger partial charge in [0, 0.05) is 24.4 Å². The van der Waals surface area contributed by atoms with Crippen molar-refractivity contribution in [3.63, 3.8) is 0 Å². The Morgan fingerprint density at radius 3 is 2.84 bits per heavy atom. The Bertz CT molecular complexity index is 1040. The summed E-state index contributed by atoms with van der Waals surface area (Å²) in [4.78, 5) is 42.4. The number of nitrogens with zero attached hydrogens (tertiary/aromatic N) is 3. The van der Waals surface area contributed by atoms with E-state index < -0.39 is 16.9 Å². The lowest BCUT2D eigenvalue weighted by Crippen LogP contribution is -2.38. The van der Waals surface area contributed by atoms with Crippen LogP contribution in [0.1, 0.15) is 37.8 Å². The Morgan fingerprint density at radius 1 is 1.39 bits per heavy atom. The first-order chi connectivity index (χ1) is 14.9. The zero-order chi connectivity index (χ0) is 22.1. The number of amides is 1. The number of esters is 1. The number of non-ortho nitro benzene ring substituents is 1.